The smallest absolute Gasteiger partial charge is 0.257 e. The molecule has 0 spiro atoms. The van der Waals surface area contributed by atoms with Crippen molar-refractivity contribution >= 4 is 17.2 Å². The molecule has 5 heteroatoms. The van der Waals surface area contributed by atoms with Crippen LogP contribution in [0.2, 0.25) is 0 Å². The first kappa shape index (κ1) is 16.5. The molecule has 3 rings (SSSR count). The van der Waals surface area contributed by atoms with E-state index in [2.05, 4.69) is 12.0 Å². The Hall–Kier alpha value is -2.40. The van der Waals surface area contributed by atoms with Gasteiger partial charge >= 0.3 is 0 Å². The minimum atomic E-state index is 0.0223. The summed E-state index contributed by atoms with van der Waals surface area (Å²) in [5.74, 6) is 0.0223. The summed E-state index contributed by atoms with van der Waals surface area (Å²) < 4.78 is 1.79. The Bertz CT molecular complexity index is 793. The number of carbonyl (C=O) groups is 1. The number of amides is 1. The lowest BCUT2D eigenvalue weighted by molar-refractivity contribution is 0.0794. The molecule has 1 aromatic carbocycles. The second-order valence-electron chi connectivity index (χ2n) is 5.73. The standard InChI is InChI=1S/C19H21N3OS/c1-3-4-12-21(2)19(23)16-14-22(15-9-6-5-7-10-15)20-18(16)17-11-8-13-24-17/h5-11,13-14H,3-4,12H2,1-2H3. The van der Waals surface area contributed by atoms with Crippen LogP contribution in [0.1, 0.15) is 30.1 Å². The molecule has 3 aromatic rings. The van der Waals surface area contributed by atoms with E-state index in [4.69, 9.17) is 0 Å². The molecule has 0 radical (unpaired) electrons. The summed E-state index contributed by atoms with van der Waals surface area (Å²) >= 11 is 1.60. The maximum Gasteiger partial charge on any atom is 0.257 e. The largest absolute Gasteiger partial charge is 0.342 e. The molecule has 2 aromatic heterocycles. The maximum absolute atomic E-state index is 12.9. The lowest BCUT2D eigenvalue weighted by Gasteiger charge is -2.16. The highest BCUT2D eigenvalue weighted by atomic mass is 32.1. The molecule has 0 aliphatic heterocycles. The lowest BCUT2D eigenvalue weighted by atomic mass is 10.2. The van der Waals surface area contributed by atoms with Crippen LogP contribution in [0, 0.1) is 0 Å². The van der Waals surface area contributed by atoms with E-state index in [0.717, 1.165) is 35.6 Å². The van der Waals surface area contributed by atoms with Crippen molar-refractivity contribution < 1.29 is 4.79 Å². The average Bonchev–Trinajstić information content (AvgIpc) is 3.28. The van der Waals surface area contributed by atoms with Crippen LogP contribution < -0.4 is 0 Å². The van der Waals surface area contributed by atoms with Gasteiger partial charge in [-0.05, 0) is 30.0 Å². The Kier molecular flexibility index (Phi) is 5.11. The number of benzene rings is 1. The summed E-state index contributed by atoms with van der Waals surface area (Å²) in [4.78, 5) is 15.7. The maximum atomic E-state index is 12.9. The van der Waals surface area contributed by atoms with Gasteiger partial charge in [0.05, 0.1) is 16.1 Å². The predicted octanol–water partition coefficient (Wildman–Crippen LogP) is 4.47. The van der Waals surface area contributed by atoms with Gasteiger partial charge in [-0.1, -0.05) is 37.6 Å². The van der Waals surface area contributed by atoms with Crippen LogP contribution in [0.25, 0.3) is 16.3 Å². The van der Waals surface area contributed by atoms with Crippen molar-refractivity contribution in [3.05, 3.63) is 59.6 Å². The van der Waals surface area contributed by atoms with Gasteiger partial charge in [-0.2, -0.15) is 5.10 Å². The van der Waals surface area contributed by atoms with Crippen molar-refractivity contribution in [3.63, 3.8) is 0 Å². The third kappa shape index (κ3) is 3.41. The summed E-state index contributed by atoms with van der Waals surface area (Å²) in [6, 6.07) is 13.9. The van der Waals surface area contributed by atoms with Crippen LogP contribution in [0.3, 0.4) is 0 Å². The molecule has 24 heavy (non-hydrogen) atoms. The van der Waals surface area contributed by atoms with Gasteiger partial charge in [-0.15, -0.1) is 11.3 Å². The molecule has 0 aliphatic carbocycles. The molecule has 0 bridgehead atoms. The first-order valence-electron chi connectivity index (χ1n) is 8.15. The quantitative estimate of drug-likeness (QED) is 0.664. The molecule has 0 fully saturated rings. The van der Waals surface area contributed by atoms with Gasteiger partial charge in [-0.3, -0.25) is 4.79 Å². The molecule has 0 saturated heterocycles. The second kappa shape index (κ2) is 7.45. The zero-order valence-corrected chi connectivity index (χ0v) is 14.8. The third-order valence-electron chi connectivity index (χ3n) is 3.91. The normalized spacial score (nSPS) is 10.8. The molecule has 0 N–H and O–H groups in total. The summed E-state index contributed by atoms with van der Waals surface area (Å²) in [6.45, 7) is 2.89. The van der Waals surface area contributed by atoms with Crippen molar-refractivity contribution in [3.8, 4) is 16.3 Å². The number of nitrogens with zero attached hydrogens (tertiary/aromatic N) is 3. The fraction of sp³-hybridized carbons (Fsp3) is 0.263. The molecule has 1 amide bonds. The highest BCUT2D eigenvalue weighted by molar-refractivity contribution is 7.13. The first-order valence-corrected chi connectivity index (χ1v) is 9.03. The summed E-state index contributed by atoms with van der Waals surface area (Å²) in [5, 5.41) is 6.69. The van der Waals surface area contributed by atoms with E-state index in [-0.39, 0.29) is 5.91 Å². The van der Waals surface area contributed by atoms with E-state index in [1.54, 1.807) is 20.9 Å². The minimum absolute atomic E-state index is 0.0223. The van der Waals surface area contributed by atoms with Crippen LogP contribution in [-0.2, 0) is 0 Å². The molecule has 2 heterocycles. The second-order valence-corrected chi connectivity index (χ2v) is 6.68. The van der Waals surface area contributed by atoms with E-state index in [1.807, 2.05) is 61.1 Å². The summed E-state index contributed by atoms with van der Waals surface area (Å²) in [7, 11) is 1.86. The third-order valence-corrected chi connectivity index (χ3v) is 4.79. The van der Waals surface area contributed by atoms with Crippen molar-refractivity contribution in [2.45, 2.75) is 19.8 Å². The van der Waals surface area contributed by atoms with Gasteiger partial charge in [0.25, 0.3) is 5.91 Å². The van der Waals surface area contributed by atoms with Gasteiger partial charge in [0.2, 0.25) is 0 Å². The van der Waals surface area contributed by atoms with Crippen LogP contribution in [0.5, 0.6) is 0 Å². The number of hydrogen-bond acceptors (Lipinski definition) is 3. The molecular formula is C19H21N3OS. The summed E-state index contributed by atoms with van der Waals surface area (Å²) in [5.41, 5.74) is 2.35. The fourth-order valence-electron chi connectivity index (χ4n) is 2.54. The minimum Gasteiger partial charge on any atom is -0.342 e. The van der Waals surface area contributed by atoms with Crippen LogP contribution in [0.15, 0.2) is 54.0 Å². The molecule has 0 saturated carbocycles. The number of aromatic nitrogens is 2. The van der Waals surface area contributed by atoms with E-state index in [1.165, 1.54) is 0 Å². The van der Waals surface area contributed by atoms with Crippen molar-refractivity contribution in [1.29, 1.82) is 0 Å². The van der Waals surface area contributed by atoms with E-state index in [0.29, 0.717) is 5.56 Å². The SMILES string of the molecule is CCCCN(C)C(=O)c1cn(-c2ccccc2)nc1-c1cccs1. The average molecular weight is 339 g/mol. The molecule has 0 atom stereocenters. The van der Waals surface area contributed by atoms with E-state index in [9.17, 15) is 4.79 Å². The van der Waals surface area contributed by atoms with Crippen LogP contribution in [0.4, 0.5) is 0 Å². The van der Waals surface area contributed by atoms with Crippen molar-refractivity contribution in [2.75, 3.05) is 13.6 Å². The Morgan fingerprint density at radius 1 is 1.21 bits per heavy atom. The number of para-hydroxylation sites is 1. The Balaban J connectivity index is 2.00. The molecule has 4 nitrogen and oxygen atoms in total. The van der Waals surface area contributed by atoms with Crippen molar-refractivity contribution in [1.82, 2.24) is 14.7 Å². The highest BCUT2D eigenvalue weighted by Gasteiger charge is 2.21. The Morgan fingerprint density at radius 3 is 2.67 bits per heavy atom. The van der Waals surface area contributed by atoms with E-state index >= 15 is 0 Å². The van der Waals surface area contributed by atoms with Gasteiger partial charge < -0.3 is 4.90 Å². The predicted molar refractivity (Wildman–Crippen MR) is 98.7 cm³/mol. The zero-order valence-electron chi connectivity index (χ0n) is 14.0. The number of unbranched alkanes of at least 4 members (excludes halogenated alkanes) is 1. The van der Waals surface area contributed by atoms with Crippen LogP contribution in [-0.4, -0.2) is 34.2 Å². The number of thiophene rings is 1. The van der Waals surface area contributed by atoms with Gasteiger partial charge in [-0.25, -0.2) is 4.68 Å². The van der Waals surface area contributed by atoms with Gasteiger partial charge in [0.15, 0.2) is 0 Å². The van der Waals surface area contributed by atoms with Crippen LogP contribution >= 0.6 is 11.3 Å². The van der Waals surface area contributed by atoms with Gasteiger partial charge in [0.1, 0.15) is 5.69 Å². The van der Waals surface area contributed by atoms with Crippen molar-refractivity contribution in [2.24, 2.45) is 0 Å². The number of carbonyl (C=O) groups excluding carboxylic acids is 1. The Morgan fingerprint density at radius 2 is 2.00 bits per heavy atom. The number of hydrogen-bond donors (Lipinski definition) is 0. The topological polar surface area (TPSA) is 38.1 Å². The van der Waals surface area contributed by atoms with Gasteiger partial charge in [0, 0.05) is 19.8 Å². The van der Waals surface area contributed by atoms with E-state index < -0.39 is 0 Å². The summed E-state index contributed by atoms with van der Waals surface area (Å²) in [6.07, 6.45) is 3.91. The molecule has 0 unspecified atom stereocenters. The fourth-order valence-corrected chi connectivity index (χ4v) is 3.26. The zero-order chi connectivity index (χ0) is 16.9. The molecule has 0 aliphatic rings. The highest BCUT2D eigenvalue weighted by Crippen LogP contribution is 2.28. The molecule has 124 valence electrons. The molecular weight excluding hydrogens is 318 g/mol. The monoisotopic (exact) mass is 339 g/mol. The first-order chi connectivity index (χ1) is 11.7. The number of rotatable bonds is 6. The lowest BCUT2D eigenvalue weighted by Crippen LogP contribution is -2.27. The Labute approximate surface area is 146 Å².